The predicted molar refractivity (Wildman–Crippen MR) is 75.2 cm³/mol. The van der Waals surface area contributed by atoms with Crippen LogP contribution in [0.1, 0.15) is 26.3 Å². The van der Waals surface area contributed by atoms with Gasteiger partial charge >= 0.3 is 18.1 Å². The average Bonchev–Trinajstić information content (AvgIpc) is 2.52. The van der Waals surface area contributed by atoms with Gasteiger partial charge in [-0.1, -0.05) is 18.2 Å². The van der Waals surface area contributed by atoms with Gasteiger partial charge < -0.3 is 9.84 Å². The molecule has 1 N–H and O–H groups in total. The average molecular weight is 324 g/mol. The molecule has 0 heterocycles. The molecule has 0 amide bonds. The number of halogens is 3. The number of carbonyl (C=O) groups is 2. The zero-order chi connectivity index (χ0) is 17.2. The zero-order valence-electron chi connectivity index (χ0n) is 11.8. The highest BCUT2D eigenvalue weighted by molar-refractivity contribution is 6.05. The summed E-state index contributed by atoms with van der Waals surface area (Å²) in [6, 6.07) is 7.88. The van der Waals surface area contributed by atoms with Gasteiger partial charge in [0.1, 0.15) is 0 Å². The molecule has 0 aromatic heterocycles. The van der Waals surface area contributed by atoms with E-state index in [9.17, 15) is 27.9 Å². The number of aromatic carboxylic acids is 1. The van der Waals surface area contributed by atoms with E-state index in [1.807, 2.05) is 0 Å². The Bertz CT molecular complexity index is 749. The first kappa shape index (κ1) is 16.5. The van der Waals surface area contributed by atoms with Gasteiger partial charge in [-0.3, -0.25) is 0 Å². The van der Waals surface area contributed by atoms with E-state index in [-0.39, 0.29) is 22.3 Å². The molecule has 0 atom stereocenters. The van der Waals surface area contributed by atoms with Crippen LogP contribution in [0.4, 0.5) is 13.2 Å². The zero-order valence-corrected chi connectivity index (χ0v) is 11.8. The number of esters is 1. The van der Waals surface area contributed by atoms with Crippen LogP contribution < -0.4 is 0 Å². The Labute approximate surface area is 129 Å². The van der Waals surface area contributed by atoms with Crippen LogP contribution in [0.15, 0.2) is 42.5 Å². The molecule has 0 fully saturated rings. The third-order valence-corrected chi connectivity index (χ3v) is 3.20. The Balaban J connectivity index is 2.65. The summed E-state index contributed by atoms with van der Waals surface area (Å²) in [6.07, 6.45) is -4.50. The molecule has 23 heavy (non-hydrogen) atoms. The first-order chi connectivity index (χ1) is 10.8. The van der Waals surface area contributed by atoms with Gasteiger partial charge in [-0.25, -0.2) is 9.59 Å². The topological polar surface area (TPSA) is 63.6 Å². The predicted octanol–water partition coefficient (Wildman–Crippen LogP) is 3.86. The molecule has 2 rings (SSSR count). The summed E-state index contributed by atoms with van der Waals surface area (Å²) in [6.45, 7) is 0. The monoisotopic (exact) mass is 324 g/mol. The normalized spacial score (nSPS) is 11.1. The number of benzene rings is 2. The summed E-state index contributed by atoms with van der Waals surface area (Å²) in [5.41, 5.74) is -0.912. The van der Waals surface area contributed by atoms with Crippen LogP contribution in [0, 0.1) is 0 Å². The fourth-order valence-corrected chi connectivity index (χ4v) is 2.15. The minimum atomic E-state index is -4.50. The van der Waals surface area contributed by atoms with Crippen molar-refractivity contribution in [2.24, 2.45) is 0 Å². The molecule has 120 valence electrons. The van der Waals surface area contributed by atoms with E-state index >= 15 is 0 Å². The Hall–Kier alpha value is -2.83. The number of hydrogen-bond donors (Lipinski definition) is 1. The molecule has 2 aromatic carbocycles. The summed E-state index contributed by atoms with van der Waals surface area (Å²) in [7, 11) is 1.13. The lowest BCUT2D eigenvalue weighted by Gasteiger charge is -2.13. The van der Waals surface area contributed by atoms with Crippen LogP contribution in [0.25, 0.3) is 11.1 Å². The molecule has 0 saturated heterocycles. The molecule has 0 saturated carbocycles. The number of alkyl halides is 3. The van der Waals surface area contributed by atoms with Gasteiger partial charge in [-0.15, -0.1) is 0 Å². The van der Waals surface area contributed by atoms with Crippen molar-refractivity contribution in [3.05, 3.63) is 59.2 Å². The number of hydrogen-bond acceptors (Lipinski definition) is 3. The van der Waals surface area contributed by atoms with E-state index in [1.165, 1.54) is 18.2 Å². The molecule has 0 aliphatic heterocycles. The van der Waals surface area contributed by atoms with Crippen molar-refractivity contribution in [3.63, 3.8) is 0 Å². The van der Waals surface area contributed by atoms with Crippen LogP contribution in [0.5, 0.6) is 0 Å². The first-order valence-electron chi connectivity index (χ1n) is 6.38. The molecule has 0 aliphatic rings. The van der Waals surface area contributed by atoms with E-state index in [1.54, 1.807) is 0 Å². The lowest BCUT2D eigenvalue weighted by molar-refractivity contribution is -0.137. The SMILES string of the molecule is COC(=O)c1cccc(C(=O)O)c1-c1ccc(C(F)(F)F)cc1. The molecular weight excluding hydrogens is 313 g/mol. The van der Waals surface area contributed by atoms with Crippen molar-refractivity contribution in [2.45, 2.75) is 6.18 Å². The lowest BCUT2D eigenvalue weighted by atomic mass is 9.93. The molecule has 7 heteroatoms. The summed E-state index contributed by atoms with van der Waals surface area (Å²) >= 11 is 0. The number of carboxylic acids is 1. The van der Waals surface area contributed by atoms with Crippen molar-refractivity contribution in [2.75, 3.05) is 7.11 Å². The van der Waals surface area contributed by atoms with Gasteiger partial charge in [0.05, 0.1) is 23.8 Å². The van der Waals surface area contributed by atoms with Gasteiger partial charge in [-0.05, 0) is 29.8 Å². The molecule has 2 aromatic rings. The van der Waals surface area contributed by atoms with Crippen LogP contribution in [0.3, 0.4) is 0 Å². The number of rotatable bonds is 3. The second-order valence-corrected chi connectivity index (χ2v) is 4.60. The maximum absolute atomic E-state index is 12.6. The number of methoxy groups -OCH3 is 1. The molecule has 0 spiro atoms. The standard InChI is InChI=1S/C16H11F3O4/c1-23-15(22)12-4-2-3-11(14(20)21)13(12)9-5-7-10(8-6-9)16(17,18)19/h2-8H,1H3,(H,20,21). The largest absolute Gasteiger partial charge is 0.478 e. The van der Waals surface area contributed by atoms with Crippen LogP contribution in [0.2, 0.25) is 0 Å². The van der Waals surface area contributed by atoms with E-state index in [0.29, 0.717) is 0 Å². The lowest BCUT2D eigenvalue weighted by Crippen LogP contribution is -2.09. The maximum atomic E-state index is 12.6. The third kappa shape index (κ3) is 3.33. The second-order valence-electron chi connectivity index (χ2n) is 4.60. The van der Waals surface area contributed by atoms with Crippen LogP contribution in [-0.2, 0) is 10.9 Å². The van der Waals surface area contributed by atoms with E-state index < -0.39 is 23.7 Å². The summed E-state index contributed by atoms with van der Waals surface area (Å²) in [5, 5.41) is 9.26. The summed E-state index contributed by atoms with van der Waals surface area (Å²) in [4.78, 5) is 23.2. The van der Waals surface area contributed by atoms with E-state index in [2.05, 4.69) is 4.74 Å². The molecule has 0 unspecified atom stereocenters. The van der Waals surface area contributed by atoms with Crippen LogP contribution >= 0.6 is 0 Å². The number of ether oxygens (including phenoxy) is 1. The molecular formula is C16H11F3O4. The molecule has 0 bridgehead atoms. The molecule has 4 nitrogen and oxygen atoms in total. The first-order valence-corrected chi connectivity index (χ1v) is 6.38. The van der Waals surface area contributed by atoms with Crippen molar-refractivity contribution < 1.29 is 32.6 Å². The van der Waals surface area contributed by atoms with Gasteiger partial charge in [-0.2, -0.15) is 13.2 Å². The van der Waals surface area contributed by atoms with Crippen molar-refractivity contribution in [1.82, 2.24) is 0 Å². The summed E-state index contributed by atoms with van der Waals surface area (Å²) < 4.78 is 42.5. The fourth-order valence-electron chi connectivity index (χ4n) is 2.15. The van der Waals surface area contributed by atoms with Gasteiger partial charge in [0.15, 0.2) is 0 Å². The molecule has 0 aliphatic carbocycles. The third-order valence-electron chi connectivity index (χ3n) is 3.20. The number of carbonyl (C=O) groups excluding carboxylic acids is 1. The van der Waals surface area contributed by atoms with E-state index in [4.69, 9.17) is 0 Å². The van der Waals surface area contributed by atoms with Crippen molar-refractivity contribution in [1.29, 1.82) is 0 Å². The highest BCUT2D eigenvalue weighted by Crippen LogP contribution is 2.33. The van der Waals surface area contributed by atoms with Gasteiger partial charge in [0.25, 0.3) is 0 Å². The van der Waals surface area contributed by atoms with Crippen molar-refractivity contribution in [3.8, 4) is 11.1 Å². The second kappa shape index (κ2) is 6.12. The van der Waals surface area contributed by atoms with Crippen LogP contribution in [-0.4, -0.2) is 24.2 Å². The fraction of sp³-hybridized carbons (Fsp3) is 0.125. The highest BCUT2D eigenvalue weighted by atomic mass is 19.4. The van der Waals surface area contributed by atoms with Crippen molar-refractivity contribution >= 4 is 11.9 Å². The van der Waals surface area contributed by atoms with Gasteiger partial charge in [0, 0.05) is 5.56 Å². The van der Waals surface area contributed by atoms with Gasteiger partial charge in [0.2, 0.25) is 0 Å². The quantitative estimate of drug-likeness (QED) is 0.871. The molecule has 0 radical (unpaired) electrons. The smallest absolute Gasteiger partial charge is 0.416 e. The summed E-state index contributed by atoms with van der Waals surface area (Å²) in [5.74, 6) is -2.08. The Kier molecular flexibility index (Phi) is 4.40. The number of carboxylic acid groups (broad SMARTS) is 1. The maximum Gasteiger partial charge on any atom is 0.416 e. The van der Waals surface area contributed by atoms with E-state index in [0.717, 1.165) is 31.4 Å². The Morgan fingerprint density at radius 1 is 1.00 bits per heavy atom. The Morgan fingerprint density at radius 2 is 1.57 bits per heavy atom. The Morgan fingerprint density at radius 3 is 2.04 bits per heavy atom. The minimum absolute atomic E-state index is 0.0144. The highest BCUT2D eigenvalue weighted by Gasteiger charge is 2.30. The minimum Gasteiger partial charge on any atom is -0.478 e.